The van der Waals surface area contributed by atoms with E-state index in [4.69, 9.17) is 0 Å². The van der Waals surface area contributed by atoms with Gasteiger partial charge in [0.15, 0.2) is 0 Å². The van der Waals surface area contributed by atoms with Crippen molar-refractivity contribution in [3.8, 4) is 0 Å². The lowest BCUT2D eigenvalue weighted by molar-refractivity contribution is -0.143. The number of barbiturate groups is 1. The Morgan fingerprint density at radius 2 is 1.86 bits per heavy atom. The Hall–Kier alpha value is -1.92. The van der Waals surface area contributed by atoms with Gasteiger partial charge in [-0.05, 0) is 25.7 Å². The summed E-state index contributed by atoms with van der Waals surface area (Å²) in [6, 6.07) is -0.721. The molecule has 21 heavy (non-hydrogen) atoms. The van der Waals surface area contributed by atoms with E-state index in [0.717, 1.165) is 37.3 Å². The van der Waals surface area contributed by atoms with Crippen LogP contribution in [0.5, 0.6) is 0 Å². The van der Waals surface area contributed by atoms with Gasteiger partial charge in [-0.3, -0.25) is 24.6 Å². The number of imide groups is 2. The molecular weight excluding hydrogens is 274 g/mol. The third-order valence-corrected chi connectivity index (χ3v) is 4.02. The molecule has 1 N–H and O–H groups in total. The maximum atomic E-state index is 12.1. The molecule has 0 saturated carbocycles. The molecule has 2 aliphatic heterocycles. The fraction of sp³-hybridized carbons (Fsp3) is 0.714. The summed E-state index contributed by atoms with van der Waals surface area (Å²) in [5.74, 6) is -1.92. The van der Waals surface area contributed by atoms with Gasteiger partial charge in [0, 0.05) is 26.1 Å². The van der Waals surface area contributed by atoms with Crippen LogP contribution < -0.4 is 5.32 Å². The second-order valence-corrected chi connectivity index (χ2v) is 5.44. The molecule has 2 heterocycles. The fourth-order valence-electron chi connectivity index (χ4n) is 2.74. The Labute approximate surface area is 123 Å². The predicted octanol–water partition coefficient (Wildman–Crippen LogP) is 0.494. The van der Waals surface area contributed by atoms with Gasteiger partial charge in [-0.15, -0.1) is 0 Å². The molecule has 0 spiro atoms. The molecule has 7 heteroatoms. The molecule has 0 aromatic carbocycles. The van der Waals surface area contributed by atoms with Crippen molar-refractivity contribution in [2.45, 2.75) is 39.0 Å². The van der Waals surface area contributed by atoms with Crippen LogP contribution in [0.15, 0.2) is 0 Å². The van der Waals surface area contributed by atoms with Gasteiger partial charge < -0.3 is 4.90 Å². The van der Waals surface area contributed by atoms with Crippen LogP contribution >= 0.6 is 0 Å². The van der Waals surface area contributed by atoms with E-state index in [2.05, 4.69) is 5.32 Å². The predicted molar refractivity (Wildman–Crippen MR) is 74.1 cm³/mol. The van der Waals surface area contributed by atoms with Crippen molar-refractivity contribution in [1.29, 1.82) is 0 Å². The van der Waals surface area contributed by atoms with E-state index in [1.54, 1.807) is 11.8 Å². The molecule has 0 bridgehead atoms. The number of likely N-dealkylation sites (tertiary alicyclic amines) is 1. The average molecular weight is 295 g/mol. The number of urea groups is 1. The van der Waals surface area contributed by atoms with E-state index in [9.17, 15) is 19.2 Å². The summed E-state index contributed by atoms with van der Waals surface area (Å²) >= 11 is 0. The highest BCUT2D eigenvalue weighted by Gasteiger charge is 2.39. The summed E-state index contributed by atoms with van der Waals surface area (Å²) < 4.78 is 0. The zero-order valence-electron chi connectivity index (χ0n) is 12.3. The van der Waals surface area contributed by atoms with Gasteiger partial charge in [-0.2, -0.15) is 0 Å². The van der Waals surface area contributed by atoms with Gasteiger partial charge in [0.1, 0.15) is 5.92 Å². The number of hydrogen-bond acceptors (Lipinski definition) is 4. The zero-order chi connectivity index (χ0) is 15.4. The van der Waals surface area contributed by atoms with E-state index >= 15 is 0 Å². The number of hydrogen-bond donors (Lipinski definition) is 1. The zero-order valence-corrected chi connectivity index (χ0v) is 12.3. The van der Waals surface area contributed by atoms with Gasteiger partial charge in [-0.25, -0.2) is 4.79 Å². The van der Waals surface area contributed by atoms with E-state index in [1.807, 2.05) is 0 Å². The second kappa shape index (κ2) is 6.69. The first-order valence-corrected chi connectivity index (χ1v) is 7.48. The quantitative estimate of drug-likeness (QED) is 0.765. The molecule has 2 fully saturated rings. The molecule has 1 unspecified atom stereocenters. The largest absolute Gasteiger partial charge is 0.343 e. The number of piperidine rings is 1. The van der Waals surface area contributed by atoms with Crippen LogP contribution in [-0.4, -0.2) is 53.2 Å². The van der Waals surface area contributed by atoms with E-state index < -0.39 is 23.8 Å². The van der Waals surface area contributed by atoms with Crippen molar-refractivity contribution in [2.24, 2.45) is 5.92 Å². The van der Waals surface area contributed by atoms with Crippen LogP contribution in [0.1, 0.15) is 39.0 Å². The Bertz CT molecular complexity index is 457. The molecule has 0 radical (unpaired) electrons. The summed E-state index contributed by atoms with van der Waals surface area (Å²) in [5, 5.41) is 2.17. The van der Waals surface area contributed by atoms with E-state index in [0.29, 0.717) is 6.42 Å². The first-order chi connectivity index (χ1) is 10.0. The average Bonchev–Trinajstić information content (AvgIpc) is 2.47. The van der Waals surface area contributed by atoms with Crippen LogP contribution in [0.3, 0.4) is 0 Å². The van der Waals surface area contributed by atoms with Gasteiger partial charge in [0.05, 0.1) is 0 Å². The molecule has 0 aromatic rings. The second-order valence-electron chi connectivity index (χ2n) is 5.44. The first kappa shape index (κ1) is 15.5. The molecular formula is C14H21N3O4. The van der Waals surface area contributed by atoms with Crippen LogP contribution in [0.4, 0.5) is 4.79 Å². The van der Waals surface area contributed by atoms with E-state index in [-0.39, 0.29) is 18.9 Å². The van der Waals surface area contributed by atoms with Crippen LogP contribution in [0.25, 0.3) is 0 Å². The Morgan fingerprint density at radius 3 is 2.48 bits per heavy atom. The van der Waals surface area contributed by atoms with Gasteiger partial charge in [0.25, 0.3) is 0 Å². The van der Waals surface area contributed by atoms with Crippen molar-refractivity contribution in [3.63, 3.8) is 0 Å². The van der Waals surface area contributed by atoms with Crippen molar-refractivity contribution in [2.75, 3.05) is 19.6 Å². The maximum Gasteiger partial charge on any atom is 0.330 e. The summed E-state index contributed by atoms with van der Waals surface area (Å²) in [5.41, 5.74) is 0. The number of carbonyl (C=O) groups excluding carboxylic acids is 4. The highest BCUT2D eigenvalue weighted by atomic mass is 16.2. The number of amides is 5. The minimum absolute atomic E-state index is 0.0315. The number of carbonyl (C=O) groups is 4. The monoisotopic (exact) mass is 295 g/mol. The third-order valence-electron chi connectivity index (χ3n) is 4.02. The molecule has 2 saturated heterocycles. The highest BCUT2D eigenvalue weighted by Crippen LogP contribution is 2.15. The van der Waals surface area contributed by atoms with Crippen LogP contribution in [-0.2, 0) is 14.4 Å². The molecule has 7 nitrogen and oxygen atoms in total. The molecule has 0 aliphatic carbocycles. The summed E-state index contributed by atoms with van der Waals surface area (Å²) in [4.78, 5) is 50.1. The minimum Gasteiger partial charge on any atom is -0.343 e. The van der Waals surface area contributed by atoms with Gasteiger partial charge in [-0.1, -0.05) is 6.92 Å². The summed E-state index contributed by atoms with van der Waals surface area (Å²) in [7, 11) is 0. The van der Waals surface area contributed by atoms with Crippen molar-refractivity contribution in [3.05, 3.63) is 0 Å². The topological polar surface area (TPSA) is 86.8 Å². The molecule has 5 amide bonds. The lowest BCUT2D eigenvalue weighted by atomic mass is 10.0. The Kier molecular flexibility index (Phi) is 4.93. The molecule has 1 atom stereocenters. The normalized spacial score (nSPS) is 23.3. The standard InChI is InChI=1S/C14H21N3O4/c1-2-10-12(19)15-14(21)17(13(10)20)9-6-11(18)16-7-4-3-5-8-16/h10H,2-9H2,1H3,(H,15,19,21). The molecule has 2 rings (SSSR count). The minimum atomic E-state index is -0.826. The van der Waals surface area contributed by atoms with Crippen molar-refractivity contribution < 1.29 is 19.2 Å². The Balaban J connectivity index is 1.91. The number of rotatable bonds is 4. The lowest BCUT2D eigenvalue weighted by Crippen LogP contribution is -2.58. The van der Waals surface area contributed by atoms with E-state index in [1.165, 1.54) is 0 Å². The van der Waals surface area contributed by atoms with Crippen molar-refractivity contribution >= 4 is 23.8 Å². The number of nitrogens with zero attached hydrogens (tertiary/aromatic N) is 2. The summed E-state index contributed by atoms with van der Waals surface area (Å²) in [6.07, 6.45) is 3.60. The first-order valence-electron chi connectivity index (χ1n) is 7.48. The number of nitrogens with one attached hydrogen (secondary N) is 1. The van der Waals surface area contributed by atoms with Gasteiger partial charge >= 0.3 is 6.03 Å². The van der Waals surface area contributed by atoms with Crippen LogP contribution in [0.2, 0.25) is 0 Å². The molecule has 2 aliphatic rings. The van der Waals surface area contributed by atoms with Gasteiger partial charge in [0.2, 0.25) is 17.7 Å². The fourth-order valence-corrected chi connectivity index (χ4v) is 2.74. The smallest absolute Gasteiger partial charge is 0.330 e. The summed E-state index contributed by atoms with van der Waals surface area (Å²) in [6.45, 7) is 3.24. The molecule has 0 aromatic heterocycles. The van der Waals surface area contributed by atoms with Crippen LogP contribution in [0, 0.1) is 5.92 Å². The lowest BCUT2D eigenvalue weighted by Gasteiger charge is -2.31. The highest BCUT2D eigenvalue weighted by molar-refractivity contribution is 6.16. The molecule has 116 valence electrons. The SMILES string of the molecule is CCC1C(=O)NC(=O)N(CCC(=O)N2CCCCC2)C1=O. The Morgan fingerprint density at radius 1 is 1.19 bits per heavy atom. The maximum absolute atomic E-state index is 12.1. The van der Waals surface area contributed by atoms with Crippen molar-refractivity contribution in [1.82, 2.24) is 15.1 Å². The third kappa shape index (κ3) is 3.40.